The third-order valence-electron chi connectivity index (χ3n) is 4.87. The molecule has 0 aliphatic rings. The lowest BCUT2D eigenvalue weighted by Gasteiger charge is -2.02. The Morgan fingerprint density at radius 1 is 1.04 bits per heavy atom. The van der Waals surface area contributed by atoms with Crippen LogP contribution in [0.4, 0.5) is 5.69 Å². The van der Waals surface area contributed by atoms with Crippen LogP contribution < -0.4 is 5.32 Å². The van der Waals surface area contributed by atoms with Gasteiger partial charge in [0.25, 0.3) is 0 Å². The number of carbonyl (C=O) groups is 1. The summed E-state index contributed by atoms with van der Waals surface area (Å²) in [5.74, 6) is -0.139. The molecule has 4 aromatic rings. The molecule has 3 aromatic carbocycles. The number of nitrogens with one attached hydrogen (secondary N) is 2. The van der Waals surface area contributed by atoms with Gasteiger partial charge in [0, 0.05) is 33.6 Å². The molecule has 27 heavy (non-hydrogen) atoms. The zero-order valence-electron chi connectivity index (χ0n) is 15.5. The highest BCUT2D eigenvalue weighted by Gasteiger charge is 2.08. The Morgan fingerprint density at radius 2 is 1.85 bits per heavy atom. The first-order chi connectivity index (χ1) is 13.1. The van der Waals surface area contributed by atoms with Crippen LogP contribution in [-0.4, -0.2) is 10.9 Å². The lowest BCUT2D eigenvalue weighted by atomic mass is 10.1. The van der Waals surface area contributed by atoms with Crippen molar-refractivity contribution in [3.05, 3.63) is 83.4 Å². The zero-order valence-corrected chi connectivity index (χ0v) is 15.5. The fourth-order valence-corrected chi connectivity index (χ4v) is 3.40. The second-order valence-electron chi connectivity index (χ2n) is 6.81. The SMILES string of the molecule is CCc1cccc2c1[nH]c1cc(NC(=O)/C=C/c3ccc(C)cc3)ccc12. The van der Waals surface area contributed by atoms with Crippen molar-refractivity contribution in [2.24, 2.45) is 0 Å². The zero-order chi connectivity index (χ0) is 18.8. The molecule has 0 radical (unpaired) electrons. The summed E-state index contributed by atoms with van der Waals surface area (Å²) in [6, 6.07) is 20.5. The van der Waals surface area contributed by atoms with Gasteiger partial charge in [-0.1, -0.05) is 61.0 Å². The summed E-state index contributed by atoms with van der Waals surface area (Å²) in [6.45, 7) is 4.20. The minimum Gasteiger partial charge on any atom is -0.354 e. The fourth-order valence-electron chi connectivity index (χ4n) is 3.40. The molecule has 1 amide bonds. The summed E-state index contributed by atoms with van der Waals surface area (Å²) in [5, 5.41) is 5.34. The number of rotatable bonds is 4. The van der Waals surface area contributed by atoms with Gasteiger partial charge in [-0.2, -0.15) is 0 Å². The van der Waals surface area contributed by atoms with Crippen molar-refractivity contribution in [3.8, 4) is 0 Å². The van der Waals surface area contributed by atoms with Gasteiger partial charge in [-0.15, -0.1) is 0 Å². The lowest BCUT2D eigenvalue weighted by Crippen LogP contribution is -2.07. The van der Waals surface area contributed by atoms with Crippen molar-refractivity contribution < 1.29 is 4.79 Å². The van der Waals surface area contributed by atoms with Crippen molar-refractivity contribution in [1.82, 2.24) is 4.98 Å². The van der Waals surface area contributed by atoms with Gasteiger partial charge in [0.2, 0.25) is 5.91 Å². The van der Waals surface area contributed by atoms with Gasteiger partial charge >= 0.3 is 0 Å². The van der Waals surface area contributed by atoms with Crippen molar-refractivity contribution in [1.29, 1.82) is 0 Å². The Morgan fingerprint density at radius 3 is 2.63 bits per heavy atom. The monoisotopic (exact) mass is 354 g/mol. The number of aromatic nitrogens is 1. The van der Waals surface area contributed by atoms with Crippen LogP contribution in [0.15, 0.2) is 66.7 Å². The van der Waals surface area contributed by atoms with Gasteiger partial charge < -0.3 is 10.3 Å². The van der Waals surface area contributed by atoms with Crippen LogP contribution in [0.2, 0.25) is 0 Å². The molecule has 3 heteroatoms. The topological polar surface area (TPSA) is 44.9 Å². The van der Waals surface area contributed by atoms with E-state index in [1.54, 1.807) is 6.08 Å². The molecule has 0 unspecified atom stereocenters. The van der Waals surface area contributed by atoms with E-state index in [4.69, 9.17) is 0 Å². The van der Waals surface area contributed by atoms with Gasteiger partial charge in [-0.05, 0) is 42.7 Å². The predicted molar refractivity (Wildman–Crippen MR) is 114 cm³/mol. The van der Waals surface area contributed by atoms with Crippen LogP contribution in [0.25, 0.3) is 27.9 Å². The van der Waals surface area contributed by atoms with E-state index in [-0.39, 0.29) is 5.91 Å². The highest BCUT2D eigenvalue weighted by Crippen LogP contribution is 2.29. The van der Waals surface area contributed by atoms with Crippen LogP contribution >= 0.6 is 0 Å². The minimum absolute atomic E-state index is 0.139. The Balaban J connectivity index is 1.57. The number of hydrogen-bond acceptors (Lipinski definition) is 1. The van der Waals surface area contributed by atoms with E-state index >= 15 is 0 Å². The molecular weight excluding hydrogens is 332 g/mol. The normalized spacial score (nSPS) is 11.5. The number of amides is 1. The molecule has 0 aliphatic heterocycles. The predicted octanol–water partition coefficient (Wildman–Crippen LogP) is 5.84. The standard InChI is InChI=1S/C24H22N2O/c1-3-18-5-4-6-21-20-13-12-19(15-22(20)26-24(18)21)25-23(27)14-11-17-9-7-16(2)8-10-17/h4-15,26H,3H2,1-2H3,(H,25,27)/b14-11+. The average molecular weight is 354 g/mol. The van der Waals surface area contributed by atoms with Crippen LogP contribution in [0.3, 0.4) is 0 Å². The van der Waals surface area contributed by atoms with Crippen LogP contribution in [0.5, 0.6) is 0 Å². The summed E-state index contributed by atoms with van der Waals surface area (Å²) in [7, 11) is 0. The van der Waals surface area contributed by atoms with Gasteiger partial charge in [0.05, 0.1) is 0 Å². The number of benzene rings is 3. The molecule has 0 saturated carbocycles. The molecule has 134 valence electrons. The Labute approximate surface area is 158 Å². The molecule has 0 atom stereocenters. The smallest absolute Gasteiger partial charge is 0.248 e. The van der Waals surface area contributed by atoms with E-state index < -0.39 is 0 Å². The largest absolute Gasteiger partial charge is 0.354 e. The Bertz CT molecular complexity index is 1150. The van der Waals surface area contributed by atoms with Crippen LogP contribution in [0.1, 0.15) is 23.6 Å². The molecule has 2 N–H and O–H groups in total. The van der Waals surface area contributed by atoms with Crippen molar-refractivity contribution >= 4 is 39.5 Å². The maximum Gasteiger partial charge on any atom is 0.248 e. The second kappa shape index (κ2) is 7.12. The molecular formula is C24H22N2O. The van der Waals surface area contributed by atoms with Crippen molar-refractivity contribution in [3.63, 3.8) is 0 Å². The maximum absolute atomic E-state index is 12.3. The molecule has 4 rings (SSSR count). The number of aryl methyl sites for hydroxylation is 2. The van der Waals surface area contributed by atoms with E-state index in [0.29, 0.717) is 0 Å². The van der Waals surface area contributed by atoms with E-state index in [0.717, 1.165) is 23.2 Å². The number of carbonyl (C=O) groups excluding carboxylic acids is 1. The molecule has 0 saturated heterocycles. The molecule has 3 nitrogen and oxygen atoms in total. The number of fused-ring (bicyclic) bond motifs is 3. The molecule has 1 aromatic heterocycles. The third kappa shape index (κ3) is 3.49. The molecule has 0 bridgehead atoms. The van der Waals surface area contributed by atoms with Gasteiger partial charge in [0.1, 0.15) is 0 Å². The highest BCUT2D eigenvalue weighted by atomic mass is 16.1. The van der Waals surface area contributed by atoms with Crippen molar-refractivity contribution in [2.45, 2.75) is 20.3 Å². The van der Waals surface area contributed by atoms with Crippen molar-refractivity contribution in [2.75, 3.05) is 5.32 Å². The molecule has 0 spiro atoms. The van der Waals surface area contributed by atoms with Crippen LogP contribution in [0, 0.1) is 6.92 Å². The maximum atomic E-state index is 12.3. The van der Waals surface area contributed by atoms with E-state index in [1.165, 1.54) is 27.4 Å². The van der Waals surface area contributed by atoms with Gasteiger partial charge in [0.15, 0.2) is 0 Å². The molecule has 0 aliphatic carbocycles. The number of para-hydroxylation sites is 1. The molecule has 0 fully saturated rings. The summed E-state index contributed by atoms with van der Waals surface area (Å²) in [4.78, 5) is 15.8. The third-order valence-corrected chi connectivity index (χ3v) is 4.87. The summed E-state index contributed by atoms with van der Waals surface area (Å²) in [5.41, 5.74) is 6.51. The van der Waals surface area contributed by atoms with E-state index in [2.05, 4.69) is 41.5 Å². The highest BCUT2D eigenvalue weighted by molar-refractivity contribution is 6.10. The summed E-state index contributed by atoms with van der Waals surface area (Å²) >= 11 is 0. The quantitative estimate of drug-likeness (QED) is 0.444. The number of anilines is 1. The number of H-pyrrole nitrogens is 1. The van der Waals surface area contributed by atoms with E-state index in [1.807, 2.05) is 49.4 Å². The second-order valence-corrected chi connectivity index (χ2v) is 6.81. The first-order valence-corrected chi connectivity index (χ1v) is 9.23. The Kier molecular flexibility index (Phi) is 4.51. The molecule has 1 heterocycles. The van der Waals surface area contributed by atoms with E-state index in [9.17, 15) is 4.79 Å². The summed E-state index contributed by atoms with van der Waals surface area (Å²) < 4.78 is 0. The first kappa shape index (κ1) is 17.1. The van der Waals surface area contributed by atoms with Gasteiger partial charge in [-0.3, -0.25) is 4.79 Å². The first-order valence-electron chi connectivity index (χ1n) is 9.23. The van der Waals surface area contributed by atoms with Crippen LogP contribution in [-0.2, 0) is 11.2 Å². The number of hydrogen-bond donors (Lipinski definition) is 2. The lowest BCUT2D eigenvalue weighted by molar-refractivity contribution is -0.111. The fraction of sp³-hybridized carbons (Fsp3) is 0.125. The summed E-state index contributed by atoms with van der Waals surface area (Å²) in [6.07, 6.45) is 4.37. The average Bonchev–Trinajstić information content (AvgIpc) is 3.05. The Hall–Kier alpha value is -3.33. The minimum atomic E-state index is -0.139. The van der Waals surface area contributed by atoms with Gasteiger partial charge in [-0.25, -0.2) is 0 Å². The number of aromatic amines is 1.